The molecule has 1 aliphatic rings. The summed E-state index contributed by atoms with van der Waals surface area (Å²) in [6.45, 7) is 2.06. The van der Waals surface area contributed by atoms with Gasteiger partial charge < -0.3 is 26.2 Å². The van der Waals surface area contributed by atoms with Gasteiger partial charge in [-0.3, -0.25) is 9.59 Å². The highest BCUT2D eigenvalue weighted by Crippen LogP contribution is 2.07. The number of hydrogen-bond acceptors (Lipinski definition) is 6. The number of hydrogen-bond donors (Lipinski definition) is 5. The van der Waals surface area contributed by atoms with Crippen LogP contribution in [-0.2, 0) is 14.4 Å². The quantitative estimate of drug-likeness (QED) is 0.359. The molecule has 0 saturated carbocycles. The first kappa shape index (κ1) is 19.7. The van der Waals surface area contributed by atoms with Crippen molar-refractivity contribution in [2.75, 3.05) is 18.6 Å². The lowest BCUT2D eigenvalue weighted by Crippen LogP contribution is -2.56. The van der Waals surface area contributed by atoms with Gasteiger partial charge in [-0.25, -0.2) is 4.79 Å². The third-order valence-electron chi connectivity index (χ3n) is 3.67. The maximum Gasteiger partial charge on any atom is 0.328 e. The zero-order chi connectivity index (χ0) is 17.4. The topological polar surface area (TPSA) is 128 Å². The first-order valence-electron chi connectivity index (χ1n) is 7.60. The summed E-state index contributed by atoms with van der Waals surface area (Å²) < 4.78 is 0. The molecule has 0 spiro atoms. The van der Waals surface area contributed by atoms with E-state index in [2.05, 4.69) is 16.0 Å². The lowest BCUT2D eigenvalue weighted by Gasteiger charge is -2.23. The van der Waals surface area contributed by atoms with E-state index >= 15 is 0 Å². The van der Waals surface area contributed by atoms with E-state index in [1.807, 2.05) is 6.26 Å². The minimum Gasteiger partial charge on any atom is -0.480 e. The Morgan fingerprint density at radius 3 is 2.52 bits per heavy atom. The smallest absolute Gasteiger partial charge is 0.328 e. The Balaban J connectivity index is 2.68. The fraction of sp³-hybridized carbons (Fsp3) is 0.786. The van der Waals surface area contributed by atoms with Gasteiger partial charge in [0.2, 0.25) is 11.8 Å². The predicted molar refractivity (Wildman–Crippen MR) is 87.2 cm³/mol. The van der Waals surface area contributed by atoms with Gasteiger partial charge in [-0.1, -0.05) is 0 Å². The van der Waals surface area contributed by atoms with Gasteiger partial charge >= 0.3 is 5.97 Å². The van der Waals surface area contributed by atoms with Crippen LogP contribution in [0.3, 0.4) is 0 Å². The molecule has 1 aliphatic heterocycles. The van der Waals surface area contributed by atoms with Crippen LogP contribution in [-0.4, -0.2) is 70.8 Å². The fourth-order valence-corrected chi connectivity index (χ4v) is 2.80. The summed E-state index contributed by atoms with van der Waals surface area (Å²) in [5.74, 6) is -1.53. The number of carbonyl (C=O) groups is 3. The van der Waals surface area contributed by atoms with Crippen LogP contribution < -0.4 is 16.0 Å². The van der Waals surface area contributed by atoms with Gasteiger partial charge in [-0.2, -0.15) is 11.8 Å². The molecule has 9 heteroatoms. The van der Waals surface area contributed by atoms with Crippen molar-refractivity contribution in [1.29, 1.82) is 0 Å². The van der Waals surface area contributed by atoms with Crippen molar-refractivity contribution in [3.05, 3.63) is 0 Å². The molecule has 132 valence electrons. The number of nitrogens with one attached hydrogen (secondary N) is 3. The van der Waals surface area contributed by atoms with E-state index in [9.17, 15) is 19.5 Å². The Kier molecular flexibility index (Phi) is 8.35. The van der Waals surface area contributed by atoms with E-state index in [-0.39, 0.29) is 11.9 Å². The molecule has 2 amide bonds. The zero-order valence-corrected chi connectivity index (χ0v) is 14.2. The molecule has 0 aromatic rings. The third-order valence-corrected chi connectivity index (χ3v) is 4.31. The Morgan fingerprint density at radius 2 is 2.04 bits per heavy atom. The molecule has 5 N–H and O–H groups in total. The predicted octanol–water partition coefficient (Wildman–Crippen LogP) is -1.07. The van der Waals surface area contributed by atoms with Crippen molar-refractivity contribution in [2.45, 2.75) is 50.4 Å². The lowest BCUT2D eigenvalue weighted by atomic mass is 10.1. The summed E-state index contributed by atoms with van der Waals surface area (Å²) in [5.41, 5.74) is 0. The second-order valence-electron chi connectivity index (χ2n) is 5.56. The SMILES string of the molecule is CSCC[C@H](NC(=O)[C@@H]1CCCN1)C(=O)N[C@H](C(=O)O)[C@@H](C)O. The second-order valence-corrected chi connectivity index (χ2v) is 6.54. The monoisotopic (exact) mass is 347 g/mol. The molecule has 0 unspecified atom stereocenters. The van der Waals surface area contributed by atoms with Crippen LogP contribution in [0.2, 0.25) is 0 Å². The van der Waals surface area contributed by atoms with Crippen LogP contribution in [0.25, 0.3) is 0 Å². The summed E-state index contributed by atoms with van der Waals surface area (Å²) in [6, 6.07) is -2.54. The molecule has 8 nitrogen and oxygen atoms in total. The Labute approximate surface area is 139 Å². The first-order chi connectivity index (χ1) is 10.9. The summed E-state index contributed by atoms with van der Waals surface area (Å²) in [5, 5.41) is 26.5. The van der Waals surface area contributed by atoms with Gasteiger partial charge in [0.1, 0.15) is 6.04 Å². The standard InChI is InChI=1S/C14H25N3O5S/c1-8(18)11(14(21)22)17-13(20)10(5-7-23-2)16-12(19)9-4-3-6-15-9/h8-11,15,18H,3-7H2,1-2H3,(H,16,19)(H,17,20)(H,21,22)/t8-,9+,10+,11+/m1/s1. The number of amides is 2. The number of aliphatic hydroxyl groups is 1. The van der Waals surface area contributed by atoms with Gasteiger partial charge in [0, 0.05) is 0 Å². The Hall–Kier alpha value is -1.32. The number of carboxylic acids is 1. The van der Waals surface area contributed by atoms with Crippen molar-refractivity contribution in [3.63, 3.8) is 0 Å². The number of aliphatic hydroxyl groups excluding tert-OH is 1. The number of carbonyl (C=O) groups excluding carboxylic acids is 2. The molecule has 0 bridgehead atoms. The minimum absolute atomic E-state index is 0.257. The molecule has 1 heterocycles. The molecular formula is C14H25N3O5S. The van der Waals surface area contributed by atoms with Crippen molar-refractivity contribution in [3.8, 4) is 0 Å². The van der Waals surface area contributed by atoms with Crippen molar-refractivity contribution < 1.29 is 24.6 Å². The Morgan fingerprint density at radius 1 is 1.35 bits per heavy atom. The molecule has 23 heavy (non-hydrogen) atoms. The van der Waals surface area contributed by atoms with E-state index in [0.717, 1.165) is 13.0 Å². The highest BCUT2D eigenvalue weighted by atomic mass is 32.2. The molecule has 1 rings (SSSR count). The van der Waals surface area contributed by atoms with E-state index in [0.29, 0.717) is 18.6 Å². The average Bonchev–Trinajstić information content (AvgIpc) is 3.02. The number of carboxylic acid groups (broad SMARTS) is 1. The normalized spacial score (nSPS) is 21.3. The van der Waals surface area contributed by atoms with E-state index in [4.69, 9.17) is 5.11 Å². The molecule has 1 fully saturated rings. The maximum atomic E-state index is 12.3. The average molecular weight is 347 g/mol. The summed E-state index contributed by atoms with van der Waals surface area (Å²) in [4.78, 5) is 35.5. The van der Waals surface area contributed by atoms with Crippen molar-refractivity contribution in [1.82, 2.24) is 16.0 Å². The van der Waals surface area contributed by atoms with Crippen molar-refractivity contribution >= 4 is 29.5 Å². The number of aliphatic carboxylic acids is 1. The molecule has 0 aromatic carbocycles. The van der Waals surface area contributed by atoms with Gasteiger partial charge in [0.15, 0.2) is 6.04 Å². The van der Waals surface area contributed by atoms with Gasteiger partial charge in [-0.05, 0) is 44.7 Å². The Bertz CT molecular complexity index is 427. The highest BCUT2D eigenvalue weighted by molar-refractivity contribution is 7.98. The van der Waals surface area contributed by atoms with Crippen molar-refractivity contribution in [2.24, 2.45) is 0 Å². The number of rotatable bonds is 9. The molecule has 4 atom stereocenters. The molecule has 1 saturated heterocycles. The second kappa shape index (κ2) is 9.74. The van der Waals surface area contributed by atoms with Crippen LogP contribution in [0.15, 0.2) is 0 Å². The van der Waals surface area contributed by atoms with E-state index in [1.54, 1.807) is 0 Å². The van der Waals surface area contributed by atoms with Gasteiger partial charge in [-0.15, -0.1) is 0 Å². The molecule has 0 radical (unpaired) electrons. The van der Waals surface area contributed by atoms with Crippen LogP contribution in [0.1, 0.15) is 26.2 Å². The zero-order valence-electron chi connectivity index (χ0n) is 13.4. The highest BCUT2D eigenvalue weighted by Gasteiger charge is 2.31. The van der Waals surface area contributed by atoms with Gasteiger partial charge in [0.25, 0.3) is 0 Å². The van der Waals surface area contributed by atoms with Crippen LogP contribution in [0.5, 0.6) is 0 Å². The van der Waals surface area contributed by atoms with Crippen LogP contribution >= 0.6 is 11.8 Å². The fourth-order valence-electron chi connectivity index (χ4n) is 2.33. The molecule has 0 aromatic heterocycles. The lowest BCUT2D eigenvalue weighted by molar-refractivity contribution is -0.145. The summed E-state index contributed by atoms with van der Waals surface area (Å²) >= 11 is 1.53. The maximum absolute atomic E-state index is 12.3. The van der Waals surface area contributed by atoms with Gasteiger partial charge in [0.05, 0.1) is 12.1 Å². The largest absolute Gasteiger partial charge is 0.480 e. The molecule has 0 aliphatic carbocycles. The minimum atomic E-state index is -1.40. The first-order valence-corrected chi connectivity index (χ1v) is 9.00. The van der Waals surface area contributed by atoms with Crippen LogP contribution in [0, 0.1) is 0 Å². The van der Waals surface area contributed by atoms with Crippen LogP contribution in [0.4, 0.5) is 0 Å². The van der Waals surface area contributed by atoms with E-state index in [1.165, 1.54) is 18.7 Å². The molecular weight excluding hydrogens is 322 g/mol. The summed E-state index contributed by atoms with van der Waals surface area (Å²) in [7, 11) is 0. The third kappa shape index (κ3) is 6.36. The van der Waals surface area contributed by atoms with E-state index < -0.39 is 30.1 Å². The number of thioether (sulfide) groups is 1. The summed E-state index contributed by atoms with van der Waals surface area (Å²) in [6.07, 6.45) is 2.66.